The molecule has 4 rings (SSSR count). The molecule has 3 heterocycles. The molecule has 0 unspecified atom stereocenters. The van der Waals surface area contributed by atoms with Crippen molar-refractivity contribution < 1.29 is 9.21 Å². The molecule has 3 aromatic heterocycles. The Labute approximate surface area is 157 Å². The smallest absolute Gasteiger partial charge is 0.280 e. The number of nitrogens with zero attached hydrogens (tertiary/aromatic N) is 3. The third kappa shape index (κ3) is 3.35. The van der Waals surface area contributed by atoms with Gasteiger partial charge in [0.05, 0.1) is 5.69 Å². The molecule has 8 heteroatoms. The van der Waals surface area contributed by atoms with E-state index in [1.54, 1.807) is 30.5 Å². The molecule has 0 saturated heterocycles. The molecule has 0 atom stereocenters. The van der Waals surface area contributed by atoms with Crippen LogP contribution in [0.15, 0.2) is 64.9 Å². The van der Waals surface area contributed by atoms with Crippen molar-refractivity contribution in [2.75, 3.05) is 5.32 Å². The summed E-state index contributed by atoms with van der Waals surface area (Å²) in [4.78, 5) is 25.2. The molecule has 6 nitrogen and oxygen atoms in total. The molecule has 4 aromatic rings. The zero-order valence-electron chi connectivity index (χ0n) is 13.2. The normalized spacial score (nSPS) is 10.7. The number of amides is 1. The van der Waals surface area contributed by atoms with E-state index in [4.69, 9.17) is 16.0 Å². The minimum atomic E-state index is -0.407. The Hall–Kier alpha value is -3.03. The average molecular weight is 383 g/mol. The molecule has 0 aliphatic carbocycles. The quantitative estimate of drug-likeness (QED) is 0.550. The van der Waals surface area contributed by atoms with Gasteiger partial charge < -0.3 is 4.42 Å². The Kier molecular flexibility index (Phi) is 4.47. The van der Waals surface area contributed by atoms with Gasteiger partial charge in [0.2, 0.25) is 0 Å². The van der Waals surface area contributed by atoms with Gasteiger partial charge in [-0.05, 0) is 24.3 Å². The van der Waals surface area contributed by atoms with Gasteiger partial charge in [-0.15, -0.1) is 11.3 Å². The third-order valence-electron chi connectivity index (χ3n) is 3.52. The zero-order chi connectivity index (χ0) is 17.9. The number of nitrogens with one attached hydrogen (secondary N) is 1. The van der Waals surface area contributed by atoms with Gasteiger partial charge in [0, 0.05) is 22.2 Å². The molecule has 0 fully saturated rings. The lowest BCUT2D eigenvalue weighted by molar-refractivity contribution is 0.102. The van der Waals surface area contributed by atoms with E-state index in [1.807, 2.05) is 23.6 Å². The van der Waals surface area contributed by atoms with E-state index in [0.29, 0.717) is 27.2 Å². The summed E-state index contributed by atoms with van der Waals surface area (Å²) in [6, 6.07) is 12.6. The fourth-order valence-corrected chi connectivity index (χ4v) is 3.25. The number of carbonyl (C=O) groups is 1. The van der Waals surface area contributed by atoms with Crippen LogP contribution in [0.1, 0.15) is 10.5 Å². The number of rotatable bonds is 4. The van der Waals surface area contributed by atoms with Gasteiger partial charge in [0.1, 0.15) is 5.69 Å². The molecule has 128 valence electrons. The summed E-state index contributed by atoms with van der Waals surface area (Å²) in [6.45, 7) is 0. The van der Waals surface area contributed by atoms with Crippen LogP contribution in [0.2, 0.25) is 5.02 Å². The van der Waals surface area contributed by atoms with Crippen LogP contribution >= 0.6 is 22.9 Å². The van der Waals surface area contributed by atoms with E-state index in [1.165, 1.54) is 17.7 Å². The predicted octanol–water partition coefficient (Wildman–Crippen LogP) is 4.77. The van der Waals surface area contributed by atoms with Gasteiger partial charge >= 0.3 is 0 Å². The molecule has 0 saturated carbocycles. The van der Waals surface area contributed by atoms with Gasteiger partial charge in [0.25, 0.3) is 5.91 Å². The van der Waals surface area contributed by atoms with Gasteiger partial charge in [0.15, 0.2) is 23.0 Å². The first-order valence-electron chi connectivity index (χ1n) is 7.58. The third-order valence-corrected chi connectivity index (χ3v) is 4.51. The predicted molar refractivity (Wildman–Crippen MR) is 100 cm³/mol. The number of hydrogen-bond acceptors (Lipinski definition) is 6. The highest BCUT2D eigenvalue weighted by Crippen LogP contribution is 2.27. The SMILES string of the molecule is O=C(Nc1nc(-c2ccccn2)cs1)c1ncoc1-c1cccc(Cl)c1. The molecule has 0 bridgehead atoms. The van der Waals surface area contributed by atoms with Crippen LogP contribution in [0.25, 0.3) is 22.7 Å². The van der Waals surface area contributed by atoms with Crippen LogP contribution in [-0.2, 0) is 0 Å². The summed E-state index contributed by atoms with van der Waals surface area (Å²) >= 11 is 7.32. The Morgan fingerprint density at radius 1 is 1.12 bits per heavy atom. The van der Waals surface area contributed by atoms with Crippen LogP contribution < -0.4 is 5.32 Å². The summed E-state index contributed by atoms with van der Waals surface area (Å²) in [5.74, 6) is -0.0536. The molecule has 1 N–H and O–H groups in total. The summed E-state index contributed by atoms with van der Waals surface area (Å²) in [6.07, 6.45) is 2.92. The summed E-state index contributed by atoms with van der Waals surface area (Å²) in [5.41, 5.74) is 2.28. The number of benzene rings is 1. The zero-order valence-corrected chi connectivity index (χ0v) is 14.8. The summed E-state index contributed by atoms with van der Waals surface area (Å²) in [7, 11) is 0. The minimum Gasteiger partial charge on any atom is -0.443 e. The second-order valence-corrected chi connectivity index (χ2v) is 6.54. The van der Waals surface area contributed by atoms with Gasteiger partial charge in [-0.2, -0.15) is 0 Å². The first-order chi connectivity index (χ1) is 12.7. The molecule has 1 aromatic carbocycles. The maximum absolute atomic E-state index is 12.6. The highest BCUT2D eigenvalue weighted by atomic mass is 35.5. The van der Waals surface area contributed by atoms with Gasteiger partial charge in [-0.25, -0.2) is 9.97 Å². The highest BCUT2D eigenvalue weighted by molar-refractivity contribution is 7.14. The van der Waals surface area contributed by atoms with Gasteiger partial charge in [-0.3, -0.25) is 15.1 Å². The first kappa shape index (κ1) is 16.4. The largest absolute Gasteiger partial charge is 0.443 e. The highest BCUT2D eigenvalue weighted by Gasteiger charge is 2.20. The van der Waals surface area contributed by atoms with Crippen LogP contribution in [0.5, 0.6) is 0 Å². The fourth-order valence-electron chi connectivity index (χ4n) is 2.36. The lowest BCUT2D eigenvalue weighted by Gasteiger charge is -2.02. The topological polar surface area (TPSA) is 80.9 Å². The fraction of sp³-hybridized carbons (Fsp3) is 0. The van der Waals surface area contributed by atoms with E-state index in [-0.39, 0.29) is 5.69 Å². The number of anilines is 1. The Morgan fingerprint density at radius 3 is 2.85 bits per heavy atom. The monoisotopic (exact) mass is 382 g/mol. The lowest BCUT2D eigenvalue weighted by Crippen LogP contribution is -2.13. The molecule has 0 radical (unpaired) electrons. The number of hydrogen-bond donors (Lipinski definition) is 1. The second kappa shape index (κ2) is 7.07. The van der Waals surface area contributed by atoms with Crippen molar-refractivity contribution in [1.29, 1.82) is 0 Å². The number of halogens is 1. The minimum absolute atomic E-state index is 0.168. The maximum atomic E-state index is 12.6. The number of thiazole rings is 1. The summed E-state index contributed by atoms with van der Waals surface area (Å²) in [5, 5.41) is 5.58. The van der Waals surface area contributed by atoms with Crippen molar-refractivity contribution in [2.24, 2.45) is 0 Å². The number of carbonyl (C=O) groups excluding carboxylic acids is 1. The molecule has 0 aliphatic rings. The van der Waals surface area contributed by atoms with E-state index in [2.05, 4.69) is 20.3 Å². The Balaban J connectivity index is 1.57. The molecule has 0 spiro atoms. The van der Waals surface area contributed by atoms with E-state index < -0.39 is 5.91 Å². The average Bonchev–Trinajstić information content (AvgIpc) is 3.32. The maximum Gasteiger partial charge on any atom is 0.280 e. The second-order valence-electron chi connectivity index (χ2n) is 5.25. The number of pyridine rings is 1. The molecule has 1 amide bonds. The Bertz CT molecular complexity index is 1060. The summed E-state index contributed by atoms with van der Waals surface area (Å²) < 4.78 is 5.38. The van der Waals surface area contributed by atoms with Crippen molar-refractivity contribution >= 4 is 34.0 Å². The van der Waals surface area contributed by atoms with Crippen LogP contribution in [0.4, 0.5) is 5.13 Å². The van der Waals surface area contributed by atoms with Crippen molar-refractivity contribution in [3.63, 3.8) is 0 Å². The number of oxazole rings is 1. The molecular formula is C18H11ClN4O2S. The van der Waals surface area contributed by atoms with Crippen LogP contribution in [-0.4, -0.2) is 20.9 Å². The lowest BCUT2D eigenvalue weighted by atomic mass is 10.1. The molecule has 26 heavy (non-hydrogen) atoms. The van der Waals surface area contributed by atoms with E-state index in [0.717, 1.165) is 5.69 Å². The molecule has 0 aliphatic heterocycles. The van der Waals surface area contributed by atoms with Crippen LogP contribution in [0.3, 0.4) is 0 Å². The standard InChI is InChI=1S/C18H11ClN4O2S/c19-12-5-3-4-11(8-12)16-15(21-10-25-16)17(24)23-18-22-14(9-26-18)13-6-1-2-7-20-13/h1-10H,(H,22,23,24). The van der Waals surface area contributed by atoms with Gasteiger partial charge in [-0.1, -0.05) is 29.8 Å². The molecular weight excluding hydrogens is 372 g/mol. The number of aromatic nitrogens is 3. The Morgan fingerprint density at radius 2 is 2.04 bits per heavy atom. The van der Waals surface area contributed by atoms with Crippen molar-refractivity contribution in [1.82, 2.24) is 15.0 Å². The van der Waals surface area contributed by atoms with Crippen molar-refractivity contribution in [2.45, 2.75) is 0 Å². The van der Waals surface area contributed by atoms with Crippen molar-refractivity contribution in [3.05, 3.63) is 71.2 Å². The van der Waals surface area contributed by atoms with Crippen molar-refractivity contribution in [3.8, 4) is 22.7 Å². The van der Waals surface area contributed by atoms with E-state index in [9.17, 15) is 4.79 Å². The van der Waals surface area contributed by atoms with Crippen LogP contribution in [0, 0.1) is 0 Å². The first-order valence-corrected chi connectivity index (χ1v) is 8.84. The van der Waals surface area contributed by atoms with E-state index >= 15 is 0 Å².